The first-order chi connectivity index (χ1) is 11.1. The monoisotopic (exact) mass is 327 g/mol. The van der Waals surface area contributed by atoms with Crippen LogP contribution >= 0.6 is 11.3 Å². The van der Waals surface area contributed by atoms with Crippen LogP contribution in [0.2, 0.25) is 0 Å². The van der Waals surface area contributed by atoms with Crippen LogP contribution in [0.25, 0.3) is 10.9 Å². The maximum atomic E-state index is 12.3. The normalized spacial score (nSPS) is 12.1. The summed E-state index contributed by atoms with van der Waals surface area (Å²) in [4.78, 5) is 24.9. The fourth-order valence-corrected chi connectivity index (χ4v) is 3.02. The Morgan fingerprint density at radius 3 is 2.74 bits per heavy atom. The second kappa shape index (κ2) is 6.26. The van der Waals surface area contributed by atoms with E-state index in [1.54, 1.807) is 19.1 Å². The number of amides is 2. The van der Waals surface area contributed by atoms with Crippen molar-refractivity contribution in [1.82, 2.24) is 9.88 Å². The van der Waals surface area contributed by atoms with E-state index in [2.05, 4.69) is 10.6 Å². The molecule has 0 fully saturated rings. The van der Waals surface area contributed by atoms with Crippen LogP contribution in [0.4, 0.5) is 5.69 Å². The van der Waals surface area contributed by atoms with Gasteiger partial charge in [-0.3, -0.25) is 9.59 Å². The van der Waals surface area contributed by atoms with Gasteiger partial charge < -0.3 is 15.2 Å². The van der Waals surface area contributed by atoms with Gasteiger partial charge in [0.1, 0.15) is 6.04 Å². The Morgan fingerprint density at radius 2 is 2.00 bits per heavy atom. The van der Waals surface area contributed by atoms with Crippen LogP contribution in [0.5, 0.6) is 0 Å². The molecule has 23 heavy (non-hydrogen) atoms. The molecule has 2 N–H and O–H groups in total. The van der Waals surface area contributed by atoms with Gasteiger partial charge in [0.15, 0.2) is 0 Å². The lowest BCUT2D eigenvalue weighted by molar-refractivity contribution is -0.117. The van der Waals surface area contributed by atoms with Crippen LogP contribution in [-0.2, 0) is 11.8 Å². The molecule has 0 radical (unpaired) electrons. The molecular formula is C17H17N3O2S. The third-order valence-corrected chi connectivity index (χ3v) is 4.54. The SMILES string of the molecule is C[C@H](NC(=O)c1cccs1)C(=O)Nc1cccc2c1ccn2C. The molecule has 1 aromatic carbocycles. The fraction of sp³-hybridized carbons (Fsp3) is 0.176. The summed E-state index contributed by atoms with van der Waals surface area (Å²) < 4.78 is 1.99. The van der Waals surface area contributed by atoms with Gasteiger partial charge in [0.25, 0.3) is 5.91 Å². The van der Waals surface area contributed by atoms with Crippen molar-refractivity contribution in [2.45, 2.75) is 13.0 Å². The number of carbonyl (C=O) groups excluding carboxylic acids is 2. The molecular weight excluding hydrogens is 310 g/mol. The van der Waals surface area contributed by atoms with Crippen LogP contribution in [0, 0.1) is 0 Å². The molecule has 0 saturated heterocycles. The van der Waals surface area contributed by atoms with Gasteiger partial charge in [-0.15, -0.1) is 11.3 Å². The third kappa shape index (κ3) is 3.12. The lowest BCUT2D eigenvalue weighted by atomic mass is 10.2. The Kier molecular flexibility index (Phi) is 4.16. The standard InChI is InChI=1S/C17H17N3O2S/c1-11(18-17(22)15-7-4-10-23-15)16(21)19-13-5-3-6-14-12(13)8-9-20(14)2/h3-11H,1-2H3,(H,18,22)(H,19,21)/t11-/m0/s1. The predicted octanol–water partition coefficient (Wildman–Crippen LogP) is 3.00. The van der Waals surface area contributed by atoms with Crippen molar-refractivity contribution in [3.8, 4) is 0 Å². The van der Waals surface area contributed by atoms with E-state index < -0.39 is 6.04 Å². The van der Waals surface area contributed by atoms with Crippen molar-refractivity contribution in [3.63, 3.8) is 0 Å². The number of hydrogen-bond donors (Lipinski definition) is 2. The van der Waals surface area contributed by atoms with Crippen molar-refractivity contribution < 1.29 is 9.59 Å². The number of thiophene rings is 1. The topological polar surface area (TPSA) is 63.1 Å². The number of nitrogens with one attached hydrogen (secondary N) is 2. The molecule has 0 bridgehead atoms. The molecule has 0 aliphatic rings. The Balaban J connectivity index is 1.71. The van der Waals surface area contributed by atoms with Gasteiger partial charge in [0.2, 0.25) is 5.91 Å². The molecule has 2 amide bonds. The Labute approximate surface area is 137 Å². The molecule has 0 spiro atoms. The van der Waals surface area contributed by atoms with Crippen molar-refractivity contribution in [1.29, 1.82) is 0 Å². The minimum Gasteiger partial charge on any atom is -0.350 e. The minimum absolute atomic E-state index is 0.236. The van der Waals surface area contributed by atoms with E-state index in [0.29, 0.717) is 4.88 Å². The van der Waals surface area contributed by atoms with Crippen LogP contribution < -0.4 is 10.6 Å². The largest absolute Gasteiger partial charge is 0.350 e. The van der Waals surface area contributed by atoms with E-state index in [0.717, 1.165) is 16.6 Å². The number of aryl methyl sites for hydroxylation is 1. The highest BCUT2D eigenvalue weighted by Gasteiger charge is 2.18. The molecule has 2 aromatic heterocycles. The Hall–Kier alpha value is -2.60. The van der Waals surface area contributed by atoms with Gasteiger partial charge in [-0.2, -0.15) is 0 Å². The molecule has 0 unspecified atom stereocenters. The summed E-state index contributed by atoms with van der Waals surface area (Å²) in [6.45, 7) is 1.67. The number of benzene rings is 1. The maximum Gasteiger partial charge on any atom is 0.261 e. The number of nitrogens with zero attached hydrogens (tertiary/aromatic N) is 1. The van der Waals surface area contributed by atoms with Crippen LogP contribution in [0.1, 0.15) is 16.6 Å². The summed E-state index contributed by atoms with van der Waals surface area (Å²) in [5, 5.41) is 8.40. The van der Waals surface area contributed by atoms with E-state index in [4.69, 9.17) is 0 Å². The average Bonchev–Trinajstić information content (AvgIpc) is 3.18. The zero-order chi connectivity index (χ0) is 16.4. The van der Waals surface area contributed by atoms with E-state index >= 15 is 0 Å². The highest BCUT2D eigenvalue weighted by molar-refractivity contribution is 7.12. The number of carbonyl (C=O) groups is 2. The second-order valence-corrected chi connectivity index (χ2v) is 6.27. The Bertz CT molecular complexity index is 852. The highest BCUT2D eigenvalue weighted by Crippen LogP contribution is 2.23. The zero-order valence-electron chi connectivity index (χ0n) is 12.9. The van der Waals surface area contributed by atoms with E-state index in [-0.39, 0.29) is 11.8 Å². The highest BCUT2D eigenvalue weighted by atomic mass is 32.1. The molecule has 2 heterocycles. The summed E-state index contributed by atoms with van der Waals surface area (Å²) in [6, 6.07) is 10.6. The predicted molar refractivity (Wildman–Crippen MR) is 92.8 cm³/mol. The molecule has 118 valence electrons. The molecule has 3 rings (SSSR count). The van der Waals surface area contributed by atoms with Gasteiger partial charge in [0, 0.05) is 24.1 Å². The van der Waals surface area contributed by atoms with Crippen molar-refractivity contribution in [2.75, 3.05) is 5.32 Å². The summed E-state index contributed by atoms with van der Waals surface area (Å²) in [6.07, 6.45) is 1.95. The van der Waals surface area contributed by atoms with Gasteiger partial charge >= 0.3 is 0 Å². The molecule has 3 aromatic rings. The minimum atomic E-state index is -0.622. The van der Waals surface area contributed by atoms with E-state index in [9.17, 15) is 9.59 Å². The van der Waals surface area contributed by atoms with Crippen molar-refractivity contribution in [3.05, 3.63) is 52.9 Å². The first-order valence-electron chi connectivity index (χ1n) is 7.25. The van der Waals surface area contributed by atoms with Crippen LogP contribution in [0.3, 0.4) is 0 Å². The molecule has 5 nitrogen and oxygen atoms in total. The van der Waals surface area contributed by atoms with E-state index in [1.165, 1.54) is 11.3 Å². The smallest absolute Gasteiger partial charge is 0.261 e. The number of hydrogen-bond acceptors (Lipinski definition) is 3. The summed E-state index contributed by atoms with van der Waals surface area (Å²) in [7, 11) is 1.96. The first kappa shape index (κ1) is 15.3. The Morgan fingerprint density at radius 1 is 1.17 bits per heavy atom. The number of aromatic nitrogens is 1. The second-order valence-electron chi connectivity index (χ2n) is 5.33. The molecule has 0 aliphatic carbocycles. The van der Waals surface area contributed by atoms with Gasteiger partial charge in [0.05, 0.1) is 10.6 Å². The van der Waals surface area contributed by atoms with Crippen LogP contribution in [-0.4, -0.2) is 22.4 Å². The number of rotatable bonds is 4. The van der Waals surface area contributed by atoms with Gasteiger partial charge in [-0.1, -0.05) is 12.1 Å². The lowest BCUT2D eigenvalue weighted by Crippen LogP contribution is -2.41. The molecule has 0 saturated carbocycles. The zero-order valence-corrected chi connectivity index (χ0v) is 13.7. The van der Waals surface area contributed by atoms with Gasteiger partial charge in [-0.25, -0.2) is 0 Å². The van der Waals surface area contributed by atoms with Crippen molar-refractivity contribution in [2.24, 2.45) is 7.05 Å². The van der Waals surface area contributed by atoms with Gasteiger partial charge in [-0.05, 0) is 36.6 Å². The quantitative estimate of drug-likeness (QED) is 0.774. The molecule has 6 heteroatoms. The molecule has 1 atom stereocenters. The lowest BCUT2D eigenvalue weighted by Gasteiger charge is -2.14. The summed E-state index contributed by atoms with van der Waals surface area (Å²) in [5.41, 5.74) is 1.78. The average molecular weight is 327 g/mol. The fourth-order valence-electron chi connectivity index (χ4n) is 2.39. The number of anilines is 1. The third-order valence-electron chi connectivity index (χ3n) is 3.67. The maximum absolute atomic E-state index is 12.3. The molecule has 0 aliphatic heterocycles. The van der Waals surface area contributed by atoms with E-state index in [1.807, 2.05) is 47.5 Å². The summed E-state index contributed by atoms with van der Waals surface area (Å²) in [5.74, 6) is -0.480. The first-order valence-corrected chi connectivity index (χ1v) is 8.13. The van der Waals surface area contributed by atoms with Crippen LogP contribution in [0.15, 0.2) is 48.0 Å². The number of fused-ring (bicyclic) bond motifs is 1. The van der Waals surface area contributed by atoms with Crippen molar-refractivity contribution >= 4 is 39.7 Å². The summed E-state index contributed by atoms with van der Waals surface area (Å²) >= 11 is 1.35.